The fraction of sp³-hybridized carbons (Fsp3) is 0.745. The quantitative estimate of drug-likeness (QED) is 0.0932. The van der Waals surface area contributed by atoms with Crippen LogP contribution in [-0.2, 0) is 39.3 Å². The van der Waals surface area contributed by atoms with Crippen LogP contribution in [0.5, 0.6) is 11.5 Å². The Bertz CT molecular complexity index is 1270. The third kappa shape index (κ3) is 18.1. The lowest BCUT2D eigenvalue weighted by atomic mass is 9.77. The van der Waals surface area contributed by atoms with E-state index in [9.17, 15) is 15.0 Å². The van der Waals surface area contributed by atoms with Gasteiger partial charge in [0.2, 0.25) is 5.91 Å². The standard InChI is InChI=1S/C51H87NO3/c1-48(2,3)41-34-39(35-42(46(41)54)49(4,5)6)32-30-38(31-33-40-36-43(50(7,8)9)47(55)44(37-40)51(10,11)12)28-26-24-22-20-18-16-14-13-15-17-19-21-23-25-27-29-45(52)53/h34-38,54-55H,13-33H2,1-12H3,(H2,52,53). The maximum atomic E-state index is 11.3. The number of rotatable bonds is 24. The van der Waals surface area contributed by atoms with Crippen molar-refractivity contribution in [2.24, 2.45) is 11.7 Å². The summed E-state index contributed by atoms with van der Waals surface area (Å²) in [6.45, 7) is 26.5. The summed E-state index contributed by atoms with van der Waals surface area (Å²) in [4.78, 5) is 10.8. The molecule has 0 saturated carbocycles. The van der Waals surface area contributed by atoms with E-state index in [4.69, 9.17) is 5.73 Å². The van der Waals surface area contributed by atoms with Crippen molar-refractivity contribution in [1.82, 2.24) is 0 Å². The minimum Gasteiger partial charge on any atom is -0.507 e. The number of amides is 1. The predicted molar refractivity (Wildman–Crippen MR) is 239 cm³/mol. The second-order valence-corrected chi connectivity index (χ2v) is 21.3. The zero-order chi connectivity index (χ0) is 41.5. The number of carbonyl (C=O) groups excluding carboxylic acids is 1. The Balaban J connectivity index is 2.00. The molecular formula is C51H87NO3. The van der Waals surface area contributed by atoms with E-state index in [1.54, 1.807) is 0 Å². The lowest BCUT2D eigenvalue weighted by molar-refractivity contribution is -0.118. The fourth-order valence-electron chi connectivity index (χ4n) is 8.17. The second-order valence-electron chi connectivity index (χ2n) is 21.3. The summed E-state index contributed by atoms with van der Waals surface area (Å²) in [6.07, 6.45) is 25.6. The number of unbranched alkanes of at least 4 members (excludes halogenated alkanes) is 14. The summed E-state index contributed by atoms with van der Waals surface area (Å²) >= 11 is 0. The van der Waals surface area contributed by atoms with Gasteiger partial charge >= 0.3 is 0 Å². The van der Waals surface area contributed by atoms with Gasteiger partial charge in [-0.05, 0) is 93.1 Å². The molecule has 0 aliphatic carbocycles. The molecule has 0 bridgehead atoms. The number of phenols is 2. The van der Waals surface area contributed by atoms with Crippen LogP contribution in [0.25, 0.3) is 0 Å². The number of nitrogens with two attached hydrogens (primary N) is 1. The topological polar surface area (TPSA) is 83.6 Å². The molecule has 2 aromatic carbocycles. The average molecular weight is 762 g/mol. The van der Waals surface area contributed by atoms with E-state index in [-0.39, 0.29) is 27.6 Å². The summed E-state index contributed by atoms with van der Waals surface area (Å²) in [5.74, 6) is 1.40. The number of hydrogen-bond acceptors (Lipinski definition) is 3. The van der Waals surface area contributed by atoms with Crippen molar-refractivity contribution >= 4 is 5.91 Å². The third-order valence-electron chi connectivity index (χ3n) is 11.8. The Kier molecular flexibility index (Phi) is 19.9. The Hall–Kier alpha value is -2.49. The van der Waals surface area contributed by atoms with Crippen molar-refractivity contribution in [2.45, 2.75) is 240 Å². The van der Waals surface area contributed by atoms with E-state index in [2.05, 4.69) is 107 Å². The van der Waals surface area contributed by atoms with Gasteiger partial charge in [0.25, 0.3) is 0 Å². The summed E-state index contributed by atoms with van der Waals surface area (Å²) in [6, 6.07) is 9.13. The largest absolute Gasteiger partial charge is 0.507 e. The number of aromatic hydroxyl groups is 2. The number of phenolic OH excluding ortho intramolecular Hbond substituents is 2. The molecule has 4 N–H and O–H groups in total. The van der Waals surface area contributed by atoms with Gasteiger partial charge in [-0.1, -0.05) is 204 Å². The van der Waals surface area contributed by atoms with Crippen LogP contribution in [0.1, 0.15) is 238 Å². The van der Waals surface area contributed by atoms with Crippen LogP contribution in [0.15, 0.2) is 24.3 Å². The second kappa shape index (κ2) is 22.4. The number of carbonyl (C=O) groups is 1. The number of aryl methyl sites for hydroxylation is 2. The zero-order valence-electron chi connectivity index (χ0n) is 38.1. The monoisotopic (exact) mass is 762 g/mol. The highest BCUT2D eigenvalue weighted by molar-refractivity contribution is 5.73. The first-order chi connectivity index (χ1) is 25.5. The third-order valence-corrected chi connectivity index (χ3v) is 11.8. The Labute approximate surface area is 340 Å². The molecule has 55 heavy (non-hydrogen) atoms. The summed E-state index contributed by atoms with van der Waals surface area (Å²) in [5, 5.41) is 22.7. The van der Waals surface area contributed by atoms with Gasteiger partial charge in [-0.15, -0.1) is 0 Å². The van der Waals surface area contributed by atoms with Gasteiger partial charge in [0.15, 0.2) is 0 Å². The van der Waals surface area contributed by atoms with Crippen LogP contribution in [0.4, 0.5) is 0 Å². The predicted octanol–water partition coefficient (Wildman–Crippen LogP) is 14.6. The van der Waals surface area contributed by atoms with Crippen LogP contribution in [0.3, 0.4) is 0 Å². The smallest absolute Gasteiger partial charge is 0.217 e. The minimum atomic E-state index is -0.168. The molecule has 0 unspecified atom stereocenters. The van der Waals surface area contributed by atoms with Crippen molar-refractivity contribution in [3.05, 3.63) is 57.6 Å². The van der Waals surface area contributed by atoms with Gasteiger partial charge < -0.3 is 15.9 Å². The highest BCUT2D eigenvalue weighted by Gasteiger charge is 2.28. The van der Waals surface area contributed by atoms with Gasteiger partial charge in [0, 0.05) is 6.42 Å². The molecule has 0 radical (unpaired) electrons. The Morgan fingerprint density at radius 3 is 0.964 bits per heavy atom. The van der Waals surface area contributed by atoms with Gasteiger partial charge in [-0.3, -0.25) is 4.79 Å². The van der Waals surface area contributed by atoms with E-state index >= 15 is 0 Å². The first-order valence-corrected chi connectivity index (χ1v) is 22.5. The number of primary amides is 1. The van der Waals surface area contributed by atoms with Crippen LogP contribution >= 0.6 is 0 Å². The Morgan fingerprint density at radius 2 is 0.709 bits per heavy atom. The normalized spacial score (nSPS) is 12.9. The molecule has 0 aliphatic rings. The SMILES string of the molecule is CC(C)(C)c1cc(CCC(CCCCCCCCCCCCCCCCCC(N)=O)CCc2cc(C(C)(C)C)c(O)c(C(C)(C)C)c2)cc(C(C)(C)C)c1O. The van der Waals surface area contributed by atoms with E-state index in [1.165, 1.54) is 101 Å². The molecule has 0 saturated heterocycles. The van der Waals surface area contributed by atoms with Gasteiger partial charge in [0.1, 0.15) is 11.5 Å². The summed E-state index contributed by atoms with van der Waals surface area (Å²) < 4.78 is 0. The van der Waals surface area contributed by atoms with E-state index in [0.29, 0.717) is 23.8 Å². The number of hydrogen-bond donors (Lipinski definition) is 3. The van der Waals surface area contributed by atoms with Crippen LogP contribution in [-0.4, -0.2) is 16.1 Å². The van der Waals surface area contributed by atoms with E-state index in [1.807, 2.05) is 0 Å². The summed E-state index contributed by atoms with van der Waals surface area (Å²) in [7, 11) is 0. The molecule has 0 fully saturated rings. The molecular weight excluding hydrogens is 675 g/mol. The lowest BCUT2D eigenvalue weighted by Gasteiger charge is -2.29. The van der Waals surface area contributed by atoms with Crippen molar-refractivity contribution in [3.8, 4) is 11.5 Å². The highest BCUT2D eigenvalue weighted by Crippen LogP contribution is 2.42. The molecule has 314 valence electrons. The van der Waals surface area contributed by atoms with Gasteiger partial charge in [0.05, 0.1) is 0 Å². The molecule has 0 aliphatic heterocycles. The van der Waals surface area contributed by atoms with Crippen molar-refractivity contribution in [1.29, 1.82) is 0 Å². The highest BCUT2D eigenvalue weighted by atomic mass is 16.3. The molecule has 0 atom stereocenters. The minimum absolute atomic E-state index is 0.122. The maximum Gasteiger partial charge on any atom is 0.217 e. The Morgan fingerprint density at radius 1 is 0.455 bits per heavy atom. The molecule has 2 rings (SSSR count). The van der Waals surface area contributed by atoms with Crippen LogP contribution in [0.2, 0.25) is 0 Å². The molecule has 4 heteroatoms. The van der Waals surface area contributed by atoms with E-state index < -0.39 is 0 Å². The average Bonchev–Trinajstić information content (AvgIpc) is 3.05. The van der Waals surface area contributed by atoms with Crippen LogP contribution < -0.4 is 5.73 Å². The van der Waals surface area contributed by atoms with Crippen molar-refractivity contribution < 1.29 is 15.0 Å². The fourth-order valence-corrected chi connectivity index (χ4v) is 8.17. The number of benzene rings is 2. The molecule has 2 aromatic rings. The van der Waals surface area contributed by atoms with Gasteiger partial charge in [-0.25, -0.2) is 0 Å². The molecule has 0 aromatic heterocycles. The van der Waals surface area contributed by atoms with Crippen LogP contribution in [0, 0.1) is 5.92 Å². The van der Waals surface area contributed by atoms with Crippen molar-refractivity contribution in [2.75, 3.05) is 0 Å². The van der Waals surface area contributed by atoms with Crippen molar-refractivity contribution in [3.63, 3.8) is 0 Å². The molecule has 0 spiro atoms. The molecule has 4 nitrogen and oxygen atoms in total. The first-order valence-electron chi connectivity index (χ1n) is 22.5. The first kappa shape index (κ1) is 48.7. The molecule has 0 heterocycles. The van der Waals surface area contributed by atoms with E-state index in [0.717, 1.165) is 60.8 Å². The maximum absolute atomic E-state index is 11.3. The van der Waals surface area contributed by atoms with Gasteiger partial charge in [-0.2, -0.15) is 0 Å². The summed E-state index contributed by atoms with van der Waals surface area (Å²) in [5.41, 5.74) is 11.7. The molecule has 1 amide bonds. The lowest BCUT2D eigenvalue weighted by Crippen LogP contribution is -2.18. The zero-order valence-corrected chi connectivity index (χ0v) is 38.1.